The molecule has 5 heteroatoms. The molecule has 0 aromatic heterocycles. The molecule has 0 amide bonds. The van der Waals surface area contributed by atoms with E-state index in [-0.39, 0.29) is 5.54 Å². The molecular weight excluding hydrogens is 423 g/mol. The lowest BCUT2D eigenvalue weighted by Crippen LogP contribution is -2.45. The zero-order valence-corrected chi connectivity index (χ0v) is 23.4. The molecule has 3 rings (SSSR count). The van der Waals surface area contributed by atoms with Crippen molar-refractivity contribution in [3.05, 3.63) is 35.4 Å². The summed E-state index contributed by atoms with van der Waals surface area (Å²) in [6.45, 7) is 16.8. The predicted molar refractivity (Wildman–Crippen MR) is 146 cm³/mol. The molecule has 1 saturated carbocycles. The van der Waals surface area contributed by atoms with Gasteiger partial charge in [0.2, 0.25) is 0 Å². The van der Waals surface area contributed by atoms with Crippen LogP contribution >= 0.6 is 7.51 Å². The Balaban J connectivity index is 1.85. The standard InChI is InChI=1S/C28H51N4P/c1-7-31(8-2)33(29-28(3,4)5)30(6)22-15-23-32(33)24-25-18-20-27(21-19-25)26-16-13-11-9-10-12-14-17-26/h18-21,26H,7-17,22-24H2,1-6H3. The van der Waals surface area contributed by atoms with Gasteiger partial charge in [0.1, 0.15) is 0 Å². The minimum absolute atomic E-state index is 0.0546. The Morgan fingerprint density at radius 3 is 2.00 bits per heavy atom. The first-order valence-electron chi connectivity index (χ1n) is 13.7. The van der Waals surface area contributed by atoms with Gasteiger partial charge in [0.15, 0.2) is 7.51 Å². The minimum Gasteiger partial charge on any atom is -0.255 e. The minimum atomic E-state index is -1.92. The van der Waals surface area contributed by atoms with Gasteiger partial charge in [-0.1, -0.05) is 76.6 Å². The lowest BCUT2D eigenvalue weighted by Gasteiger charge is -2.52. The van der Waals surface area contributed by atoms with Crippen LogP contribution in [0.1, 0.15) is 109 Å². The average Bonchev–Trinajstić information content (AvgIpc) is 2.91. The molecule has 1 saturated heterocycles. The Hall–Kier alpha value is -0.670. The Kier molecular flexibility index (Phi) is 10.1. The number of benzene rings is 1. The first-order valence-corrected chi connectivity index (χ1v) is 15.3. The van der Waals surface area contributed by atoms with Gasteiger partial charge in [-0.2, -0.15) is 0 Å². The third kappa shape index (κ3) is 6.94. The maximum Gasteiger partial charge on any atom is 0.168 e. The van der Waals surface area contributed by atoms with Gasteiger partial charge in [0.25, 0.3) is 0 Å². The largest absolute Gasteiger partial charge is 0.255 e. The van der Waals surface area contributed by atoms with Crippen LogP contribution in [0.15, 0.2) is 29.0 Å². The van der Waals surface area contributed by atoms with Gasteiger partial charge in [-0.25, -0.2) is 14.0 Å². The molecule has 1 aromatic rings. The topological polar surface area (TPSA) is 22.1 Å². The Bertz CT molecular complexity index is 753. The summed E-state index contributed by atoms with van der Waals surface area (Å²) in [6, 6.07) is 9.74. The SMILES string of the molecule is CCN(CC)P1(=NC(C)(C)C)N(C)CCCN1Cc1ccc(C2CCCCCCCC2)cc1. The third-order valence-electron chi connectivity index (χ3n) is 7.45. The van der Waals surface area contributed by atoms with Gasteiger partial charge < -0.3 is 0 Å². The van der Waals surface area contributed by atoms with E-state index >= 15 is 0 Å². The van der Waals surface area contributed by atoms with E-state index in [0.29, 0.717) is 0 Å². The number of rotatable bonds is 6. The van der Waals surface area contributed by atoms with Crippen LogP contribution in [-0.2, 0) is 6.54 Å². The molecular formula is C28H51N4P. The Morgan fingerprint density at radius 2 is 1.45 bits per heavy atom. The molecule has 1 aromatic carbocycles. The van der Waals surface area contributed by atoms with Crippen LogP contribution in [-0.4, -0.2) is 52.8 Å². The molecule has 33 heavy (non-hydrogen) atoms. The highest BCUT2D eigenvalue weighted by atomic mass is 31.2. The monoisotopic (exact) mass is 474 g/mol. The van der Waals surface area contributed by atoms with Crippen LogP contribution in [0.4, 0.5) is 0 Å². The van der Waals surface area contributed by atoms with Crippen molar-refractivity contribution < 1.29 is 0 Å². The molecule has 0 radical (unpaired) electrons. The summed E-state index contributed by atoms with van der Waals surface area (Å²) in [6.07, 6.45) is 12.5. The van der Waals surface area contributed by atoms with Crippen molar-refractivity contribution in [2.24, 2.45) is 4.74 Å². The molecule has 0 N–H and O–H groups in total. The predicted octanol–water partition coefficient (Wildman–Crippen LogP) is 8.13. The molecule has 1 atom stereocenters. The van der Waals surface area contributed by atoms with Crippen LogP contribution in [0.3, 0.4) is 0 Å². The maximum atomic E-state index is 5.61. The second kappa shape index (κ2) is 12.3. The summed E-state index contributed by atoms with van der Waals surface area (Å²) in [4.78, 5) is 0. The summed E-state index contributed by atoms with van der Waals surface area (Å²) < 4.78 is 13.6. The van der Waals surface area contributed by atoms with E-state index < -0.39 is 7.51 Å². The maximum absolute atomic E-state index is 5.61. The second-order valence-electron chi connectivity index (χ2n) is 11.2. The molecule has 1 heterocycles. The van der Waals surface area contributed by atoms with Gasteiger partial charge >= 0.3 is 0 Å². The zero-order valence-electron chi connectivity index (χ0n) is 22.5. The van der Waals surface area contributed by atoms with E-state index in [2.05, 4.69) is 79.9 Å². The van der Waals surface area contributed by atoms with Gasteiger partial charge in [-0.05, 0) is 64.1 Å². The molecule has 0 bridgehead atoms. The van der Waals surface area contributed by atoms with E-state index in [4.69, 9.17) is 4.74 Å². The van der Waals surface area contributed by atoms with E-state index in [1.165, 1.54) is 63.4 Å². The van der Waals surface area contributed by atoms with Crippen molar-refractivity contribution in [3.63, 3.8) is 0 Å². The van der Waals surface area contributed by atoms with E-state index in [0.717, 1.165) is 38.6 Å². The normalized spacial score (nSPS) is 24.9. The van der Waals surface area contributed by atoms with Crippen molar-refractivity contribution in [2.75, 3.05) is 33.2 Å². The Labute approximate surface area is 205 Å². The quantitative estimate of drug-likeness (QED) is 0.389. The van der Waals surface area contributed by atoms with Crippen molar-refractivity contribution in [1.29, 1.82) is 0 Å². The molecule has 2 aliphatic rings. The van der Waals surface area contributed by atoms with Crippen molar-refractivity contribution in [3.8, 4) is 0 Å². The summed E-state index contributed by atoms with van der Waals surface area (Å²) >= 11 is 0. The van der Waals surface area contributed by atoms with E-state index in [1.807, 2.05) is 0 Å². The Morgan fingerprint density at radius 1 is 0.879 bits per heavy atom. The second-order valence-corrected chi connectivity index (χ2v) is 14.3. The summed E-state index contributed by atoms with van der Waals surface area (Å²) in [5, 5.41) is 0. The zero-order chi connectivity index (χ0) is 23.9. The van der Waals surface area contributed by atoms with Gasteiger partial charge in [0.05, 0.1) is 5.54 Å². The third-order valence-corrected chi connectivity index (χ3v) is 11.9. The van der Waals surface area contributed by atoms with E-state index in [9.17, 15) is 0 Å². The van der Waals surface area contributed by atoms with Crippen LogP contribution in [0.5, 0.6) is 0 Å². The van der Waals surface area contributed by atoms with Gasteiger partial charge in [-0.15, -0.1) is 0 Å². The highest BCUT2D eigenvalue weighted by Gasteiger charge is 2.41. The summed E-state index contributed by atoms with van der Waals surface area (Å²) in [5.74, 6) is 0.761. The van der Waals surface area contributed by atoms with Crippen LogP contribution in [0.2, 0.25) is 0 Å². The van der Waals surface area contributed by atoms with Crippen molar-refractivity contribution in [1.82, 2.24) is 14.0 Å². The van der Waals surface area contributed by atoms with E-state index in [1.54, 1.807) is 5.56 Å². The molecule has 2 fully saturated rings. The van der Waals surface area contributed by atoms with Crippen LogP contribution in [0, 0.1) is 0 Å². The molecule has 188 valence electrons. The van der Waals surface area contributed by atoms with Gasteiger partial charge in [0, 0.05) is 32.7 Å². The number of hydrogen-bond donors (Lipinski definition) is 0. The molecule has 4 nitrogen and oxygen atoms in total. The highest BCUT2D eigenvalue weighted by molar-refractivity contribution is 7.59. The molecule has 0 spiro atoms. The fourth-order valence-electron chi connectivity index (χ4n) is 5.82. The number of nitrogens with zero attached hydrogens (tertiary/aromatic N) is 4. The fourth-order valence-corrected chi connectivity index (χ4v) is 10.2. The van der Waals surface area contributed by atoms with Crippen LogP contribution in [0.25, 0.3) is 0 Å². The summed E-state index contributed by atoms with van der Waals surface area (Å²) in [7, 11) is 0.396. The summed E-state index contributed by atoms with van der Waals surface area (Å²) in [5.41, 5.74) is 2.96. The average molecular weight is 475 g/mol. The lowest BCUT2D eigenvalue weighted by atomic mass is 9.89. The first-order chi connectivity index (χ1) is 15.8. The van der Waals surface area contributed by atoms with Crippen molar-refractivity contribution in [2.45, 2.75) is 110 Å². The highest BCUT2D eigenvalue weighted by Crippen LogP contribution is 2.62. The van der Waals surface area contributed by atoms with Crippen molar-refractivity contribution >= 4 is 7.51 Å². The fraction of sp³-hybridized carbons (Fsp3) is 0.786. The lowest BCUT2D eigenvalue weighted by molar-refractivity contribution is 0.280. The van der Waals surface area contributed by atoms with Gasteiger partial charge in [-0.3, -0.25) is 4.74 Å². The molecule has 1 aliphatic heterocycles. The first kappa shape index (κ1) is 26.9. The molecule has 1 unspecified atom stereocenters. The molecule has 1 aliphatic carbocycles. The smallest absolute Gasteiger partial charge is 0.168 e. The number of hydrogen-bond acceptors (Lipinski definition) is 1. The van der Waals surface area contributed by atoms with Crippen LogP contribution < -0.4 is 0 Å².